The van der Waals surface area contributed by atoms with Gasteiger partial charge in [0, 0.05) is 51.1 Å². The summed E-state index contributed by atoms with van der Waals surface area (Å²) < 4.78 is 5.44. The van der Waals surface area contributed by atoms with Crippen molar-refractivity contribution in [3.63, 3.8) is 0 Å². The number of nitrogens with one attached hydrogen (secondary N) is 1. The first-order chi connectivity index (χ1) is 14.4. The Kier molecular flexibility index (Phi) is 7.37. The van der Waals surface area contributed by atoms with Crippen LogP contribution in [0, 0.1) is 11.8 Å². The monoisotopic (exact) mass is 411 g/mol. The second-order valence-electron chi connectivity index (χ2n) is 8.54. The highest BCUT2D eigenvalue weighted by atomic mass is 16.5. The van der Waals surface area contributed by atoms with Gasteiger partial charge in [-0.05, 0) is 43.7 Å². The number of hydrogen-bond donors (Lipinski definition) is 1. The van der Waals surface area contributed by atoms with Crippen molar-refractivity contribution in [1.82, 2.24) is 20.3 Å². The molecule has 0 unspecified atom stereocenters. The first kappa shape index (κ1) is 22.2. The first-order valence-electron chi connectivity index (χ1n) is 10.7. The van der Waals surface area contributed by atoms with Gasteiger partial charge in [0.1, 0.15) is 5.82 Å². The third-order valence-corrected chi connectivity index (χ3v) is 5.79. The lowest BCUT2D eigenvalue weighted by atomic mass is 9.86. The third kappa shape index (κ3) is 5.33. The Hall–Kier alpha value is -2.54. The van der Waals surface area contributed by atoms with E-state index < -0.39 is 0 Å². The highest BCUT2D eigenvalue weighted by Gasteiger charge is 2.29. The Balaban J connectivity index is 1.86. The van der Waals surface area contributed by atoms with Gasteiger partial charge in [0.15, 0.2) is 5.82 Å². The molecule has 7 heteroatoms. The summed E-state index contributed by atoms with van der Waals surface area (Å²) in [5.74, 6) is 1.79. The van der Waals surface area contributed by atoms with Gasteiger partial charge in [-0.2, -0.15) is 0 Å². The molecule has 0 spiro atoms. The van der Waals surface area contributed by atoms with Crippen LogP contribution in [-0.2, 0) is 9.53 Å². The van der Waals surface area contributed by atoms with Gasteiger partial charge in [0.25, 0.3) is 0 Å². The van der Waals surface area contributed by atoms with Crippen LogP contribution in [0.5, 0.6) is 0 Å². The second-order valence-corrected chi connectivity index (χ2v) is 8.54. The van der Waals surface area contributed by atoms with Crippen LogP contribution in [0.3, 0.4) is 0 Å². The van der Waals surface area contributed by atoms with Crippen LogP contribution in [-0.4, -0.2) is 48.2 Å². The largest absolute Gasteiger partial charge is 0.381 e. The number of carbonyl (C=O) groups is 1. The summed E-state index contributed by atoms with van der Waals surface area (Å²) in [5, 5.41) is 3.28. The number of anilines is 1. The van der Waals surface area contributed by atoms with Crippen LogP contribution in [0.25, 0.3) is 11.4 Å². The molecule has 1 aliphatic rings. The molecule has 1 amide bonds. The van der Waals surface area contributed by atoms with Crippen molar-refractivity contribution in [1.29, 1.82) is 0 Å². The van der Waals surface area contributed by atoms with Gasteiger partial charge >= 0.3 is 0 Å². The smallest absolute Gasteiger partial charge is 0.223 e. The van der Waals surface area contributed by atoms with Crippen LogP contribution in [0.1, 0.15) is 51.3 Å². The molecule has 0 aromatic carbocycles. The number of amides is 1. The third-order valence-electron chi connectivity index (χ3n) is 5.79. The summed E-state index contributed by atoms with van der Waals surface area (Å²) in [6.07, 6.45) is 7.35. The number of nitrogens with zero attached hydrogens (tertiary/aromatic N) is 4. The van der Waals surface area contributed by atoms with E-state index in [2.05, 4.69) is 24.1 Å². The average molecular weight is 412 g/mol. The lowest BCUT2D eigenvalue weighted by Crippen LogP contribution is -2.39. The SMILES string of the molecule is COC1CCC(C(=O)N[C@@H](c2cc(N(C)C)nc(-c3ccncc3)n2)C(C)C)CC1. The lowest BCUT2D eigenvalue weighted by Gasteiger charge is -2.30. The maximum atomic E-state index is 13.0. The minimum atomic E-state index is -0.181. The second kappa shape index (κ2) is 9.98. The van der Waals surface area contributed by atoms with Crippen molar-refractivity contribution in [2.75, 3.05) is 26.1 Å². The lowest BCUT2D eigenvalue weighted by molar-refractivity contribution is -0.127. The van der Waals surface area contributed by atoms with Crippen molar-refractivity contribution in [3.8, 4) is 11.4 Å². The van der Waals surface area contributed by atoms with E-state index in [1.54, 1.807) is 19.5 Å². The van der Waals surface area contributed by atoms with E-state index in [4.69, 9.17) is 14.7 Å². The number of ether oxygens (including phenoxy) is 1. The van der Waals surface area contributed by atoms with Gasteiger partial charge in [0.2, 0.25) is 5.91 Å². The van der Waals surface area contributed by atoms with Gasteiger partial charge in [-0.15, -0.1) is 0 Å². The highest BCUT2D eigenvalue weighted by Crippen LogP contribution is 2.29. The van der Waals surface area contributed by atoms with Crippen molar-refractivity contribution >= 4 is 11.7 Å². The van der Waals surface area contributed by atoms with E-state index in [0.29, 0.717) is 5.82 Å². The van der Waals surface area contributed by atoms with E-state index >= 15 is 0 Å². The summed E-state index contributed by atoms with van der Waals surface area (Å²) in [5.41, 5.74) is 1.73. The zero-order chi connectivity index (χ0) is 21.7. The van der Waals surface area contributed by atoms with E-state index in [1.807, 2.05) is 37.2 Å². The van der Waals surface area contributed by atoms with Gasteiger partial charge in [-0.3, -0.25) is 9.78 Å². The minimum absolute atomic E-state index is 0.0347. The number of hydrogen-bond acceptors (Lipinski definition) is 6. The number of carbonyl (C=O) groups excluding carboxylic acids is 1. The molecule has 7 nitrogen and oxygen atoms in total. The Labute approximate surface area is 179 Å². The Morgan fingerprint density at radius 3 is 2.37 bits per heavy atom. The molecule has 2 aromatic heterocycles. The molecule has 0 aliphatic heterocycles. The van der Waals surface area contributed by atoms with E-state index in [9.17, 15) is 4.79 Å². The van der Waals surface area contributed by atoms with Crippen LogP contribution in [0.2, 0.25) is 0 Å². The van der Waals surface area contributed by atoms with Gasteiger partial charge in [-0.25, -0.2) is 9.97 Å². The maximum absolute atomic E-state index is 13.0. The van der Waals surface area contributed by atoms with E-state index in [0.717, 1.165) is 42.8 Å². The molecule has 30 heavy (non-hydrogen) atoms. The molecule has 3 rings (SSSR count). The Morgan fingerprint density at radius 2 is 1.80 bits per heavy atom. The summed E-state index contributed by atoms with van der Waals surface area (Å²) >= 11 is 0. The molecule has 1 fully saturated rings. The molecule has 0 radical (unpaired) electrons. The quantitative estimate of drug-likeness (QED) is 0.749. The zero-order valence-electron chi connectivity index (χ0n) is 18.6. The molecule has 2 heterocycles. The first-order valence-corrected chi connectivity index (χ1v) is 10.7. The molecule has 2 aromatic rings. The summed E-state index contributed by atoms with van der Waals surface area (Å²) in [6, 6.07) is 5.59. The molecule has 0 bridgehead atoms. The van der Waals surface area contributed by atoms with Crippen LogP contribution in [0.15, 0.2) is 30.6 Å². The predicted octanol–water partition coefficient (Wildman–Crippen LogP) is 3.62. The number of rotatable bonds is 7. The molecule has 1 aliphatic carbocycles. The maximum Gasteiger partial charge on any atom is 0.223 e. The van der Waals surface area contributed by atoms with Crippen LogP contribution < -0.4 is 10.2 Å². The summed E-state index contributed by atoms with van der Waals surface area (Å²) in [6.45, 7) is 4.21. The highest BCUT2D eigenvalue weighted by molar-refractivity contribution is 5.79. The fourth-order valence-electron chi connectivity index (χ4n) is 3.89. The van der Waals surface area contributed by atoms with Crippen LogP contribution >= 0.6 is 0 Å². The zero-order valence-corrected chi connectivity index (χ0v) is 18.6. The summed E-state index contributed by atoms with van der Waals surface area (Å²) in [7, 11) is 5.66. The van der Waals surface area contributed by atoms with Crippen molar-refractivity contribution in [2.24, 2.45) is 11.8 Å². The van der Waals surface area contributed by atoms with Crippen LogP contribution in [0.4, 0.5) is 5.82 Å². The van der Waals surface area contributed by atoms with Crippen molar-refractivity contribution in [2.45, 2.75) is 51.7 Å². The standard InChI is InChI=1S/C23H33N5O2/c1-15(2)21(27-23(29)17-6-8-18(30-5)9-7-17)19-14-20(28(3)4)26-22(25-19)16-10-12-24-13-11-16/h10-15,17-18,21H,6-9H2,1-5H3,(H,27,29)/t17?,18?,21-/m1/s1. The van der Waals surface area contributed by atoms with Gasteiger partial charge in [0.05, 0.1) is 17.8 Å². The fraction of sp³-hybridized carbons (Fsp3) is 0.565. The normalized spacial score (nSPS) is 20.1. The molecule has 1 N–H and O–H groups in total. The molecule has 1 atom stereocenters. The van der Waals surface area contributed by atoms with E-state index in [1.165, 1.54) is 0 Å². The average Bonchev–Trinajstić information content (AvgIpc) is 2.77. The fourth-order valence-corrected chi connectivity index (χ4v) is 3.89. The van der Waals surface area contributed by atoms with Gasteiger partial charge in [-0.1, -0.05) is 13.8 Å². The molecule has 162 valence electrons. The Morgan fingerprint density at radius 1 is 1.13 bits per heavy atom. The number of methoxy groups -OCH3 is 1. The topological polar surface area (TPSA) is 80.2 Å². The molecular formula is C23H33N5O2. The number of aromatic nitrogens is 3. The predicted molar refractivity (Wildman–Crippen MR) is 118 cm³/mol. The molecule has 0 saturated heterocycles. The Bertz CT molecular complexity index is 833. The minimum Gasteiger partial charge on any atom is -0.381 e. The number of pyridine rings is 1. The van der Waals surface area contributed by atoms with Crippen molar-refractivity contribution in [3.05, 3.63) is 36.3 Å². The summed E-state index contributed by atoms with van der Waals surface area (Å²) in [4.78, 5) is 28.6. The van der Waals surface area contributed by atoms with Crippen molar-refractivity contribution < 1.29 is 9.53 Å². The van der Waals surface area contributed by atoms with E-state index in [-0.39, 0.29) is 29.9 Å². The molecular weight excluding hydrogens is 378 g/mol. The molecule has 1 saturated carbocycles. The van der Waals surface area contributed by atoms with Gasteiger partial charge < -0.3 is 15.0 Å².